The summed E-state index contributed by atoms with van der Waals surface area (Å²) >= 11 is 6.26. The highest BCUT2D eigenvalue weighted by Gasteiger charge is 2.55. The van der Waals surface area contributed by atoms with E-state index in [9.17, 15) is 45.9 Å². The van der Waals surface area contributed by atoms with Crippen LogP contribution in [-0.4, -0.2) is 67.9 Å². The first-order valence-corrected chi connectivity index (χ1v) is 16.1. The number of nitrogens with two attached hydrogens (primary N) is 1. The number of carbonyl (C=O) groups excluding carboxylic acids is 4. The van der Waals surface area contributed by atoms with Gasteiger partial charge < -0.3 is 31.5 Å². The third-order valence-corrected chi connectivity index (χ3v) is 11.2. The Morgan fingerprint density at radius 1 is 1.09 bits per heavy atom. The lowest BCUT2D eigenvalue weighted by Crippen LogP contribution is -2.57. The highest BCUT2D eigenvalue weighted by molar-refractivity contribution is 7.92. The molecule has 4 rings (SSSR count). The lowest BCUT2D eigenvalue weighted by molar-refractivity contribution is -0.126. The molecule has 3 atom stereocenters. The first kappa shape index (κ1) is 35.0. The third-order valence-electron chi connectivity index (χ3n) is 8.57. The molecule has 0 saturated heterocycles. The quantitative estimate of drug-likeness (QED) is 0.222. The number of anilines is 1. The minimum absolute atomic E-state index is 0.0115. The number of ether oxygens (including phenoxy) is 1. The van der Waals surface area contributed by atoms with Crippen molar-refractivity contribution < 1.29 is 50.6 Å². The molecule has 0 heterocycles. The molecule has 46 heavy (non-hydrogen) atoms. The molecular formula is C29H32ClF3N4O8S. The van der Waals surface area contributed by atoms with E-state index in [1.165, 1.54) is 12.1 Å². The van der Waals surface area contributed by atoms with Gasteiger partial charge in [-0.05, 0) is 62.1 Å². The van der Waals surface area contributed by atoms with E-state index in [1.54, 1.807) is 0 Å². The maximum absolute atomic E-state index is 13.8. The molecule has 0 radical (unpaired) electrons. The average Bonchev–Trinajstić information content (AvgIpc) is 3.15. The molecule has 250 valence electrons. The normalized spacial score (nSPS) is 22.9. The number of sulfone groups is 1. The van der Waals surface area contributed by atoms with Crippen LogP contribution in [0.25, 0.3) is 0 Å². The van der Waals surface area contributed by atoms with Crippen molar-refractivity contribution in [2.75, 3.05) is 19.0 Å². The highest BCUT2D eigenvalue weighted by Crippen LogP contribution is 2.52. The van der Waals surface area contributed by atoms with Gasteiger partial charge in [0, 0.05) is 36.3 Å². The Balaban J connectivity index is 1.47. The maximum Gasteiger partial charge on any atom is 0.407 e. The number of fused-ring (bicyclic) bond motifs is 2. The molecule has 2 saturated carbocycles. The van der Waals surface area contributed by atoms with Crippen molar-refractivity contribution in [3.8, 4) is 0 Å². The number of benzene rings is 2. The van der Waals surface area contributed by atoms with Crippen LogP contribution in [0.3, 0.4) is 0 Å². The van der Waals surface area contributed by atoms with Crippen molar-refractivity contribution in [1.29, 1.82) is 0 Å². The standard InChI is InChI=1S/C29H32ClF3N4O8S/c1-45-28(41)37-22(6-7-24(34)38)27(40)35-13-29(42)15-3-4-16(29)10-18(9-15)46(43,44)23-8-14(2-5-19(23)30)26(39)36-17-11-20(31)25(33)21(32)12-17/h2,5,8,11-12,15-16,18,22,42H,3-4,6-7,9-10,13H2,1H3,(H2,34,38)(H,35,40)(H,36,39)(H,37,41)/t15?,16?,18?,22-,29?/m0/s1. The summed E-state index contributed by atoms with van der Waals surface area (Å²) in [5.74, 6) is -8.16. The Kier molecular flexibility index (Phi) is 10.5. The van der Waals surface area contributed by atoms with Gasteiger partial charge in [-0.25, -0.2) is 26.4 Å². The second-order valence-electron chi connectivity index (χ2n) is 11.4. The zero-order chi connectivity index (χ0) is 34.0. The van der Waals surface area contributed by atoms with Gasteiger partial charge in [-0.1, -0.05) is 11.6 Å². The summed E-state index contributed by atoms with van der Waals surface area (Å²) in [4.78, 5) is 48.2. The van der Waals surface area contributed by atoms with E-state index in [-0.39, 0.29) is 47.7 Å². The van der Waals surface area contributed by atoms with E-state index in [2.05, 4.69) is 20.7 Å². The largest absolute Gasteiger partial charge is 0.453 e. The Morgan fingerprint density at radius 3 is 2.26 bits per heavy atom. The first-order valence-electron chi connectivity index (χ1n) is 14.2. The number of amides is 4. The van der Waals surface area contributed by atoms with Crippen LogP contribution < -0.4 is 21.7 Å². The van der Waals surface area contributed by atoms with Crippen LogP contribution in [0.15, 0.2) is 35.2 Å². The summed E-state index contributed by atoms with van der Waals surface area (Å²) < 4.78 is 72.6. The number of rotatable bonds is 11. The molecule has 17 heteroatoms. The fourth-order valence-corrected chi connectivity index (χ4v) is 8.54. The number of nitrogens with one attached hydrogen (secondary N) is 3. The van der Waals surface area contributed by atoms with Crippen LogP contribution in [0.1, 0.15) is 48.9 Å². The summed E-state index contributed by atoms with van der Waals surface area (Å²) in [5, 5.41) is 17.6. The molecule has 6 N–H and O–H groups in total. The predicted molar refractivity (Wildman–Crippen MR) is 158 cm³/mol. The van der Waals surface area contributed by atoms with Crippen molar-refractivity contribution in [1.82, 2.24) is 10.6 Å². The summed E-state index contributed by atoms with van der Waals surface area (Å²) in [6, 6.07) is 3.41. The lowest BCUT2D eigenvalue weighted by Gasteiger charge is -2.42. The number of methoxy groups -OCH3 is 1. The second-order valence-corrected chi connectivity index (χ2v) is 14.0. The summed E-state index contributed by atoms with van der Waals surface area (Å²) in [6.45, 7) is -0.245. The van der Waals surface area contributed by atoms with Crippen molar-refractivity contribution in [3.05, 3.63) is 58.4 Å². The first-order chi connectivity index (χ1) is 21.6. The molecule has 0 spiro atoms. The van der Waals surface area contributed by atoms with E-state index in [0.29, 0.717) is 25.0 Å². The van der Waals surface area contributed by atoms with Crippen molar-refractivity contribution in [2.45, 2.75) is 60.3 Å². The molecule has 2 bridgehead atoms. The topological polar surface area (TPSA) is 194 Å². The van der Waals surface area contributed by atoms with Crippen LogP contribution in [-0.2, 0) is 24.2 Å². The van der Waals surface area contributed by atoms with Gasteiger partial charge in [0.15, 0.2) is 27.3 Å². The third kappa shape index (κ3) is 7.39. The lowest BCUT2D eigenvalue weighted by atomic mass is 9.74. The summed E-state index contributed by atoms with van der Waals surface area (Å²) in [7, 11) is -3.08. The number of alkyl carbamates (subject to hydrolysis) is 1. The van der Waals surface area contributed by atoms with Crippen LogP contribution in [0.4, 0.5) is 23.7 Å². The summed E-state index contributed by atoms with van der Waals surface area (Å²) in [5.41, 5.74) is 3.11. The minimum Gasteiger partial charge on any atom is -0.453 e. The monoisotopic (exact) mass is 688 g/mol. The maximum atomic E-state index is 13.8. The van der Waals surface area contributed by atoms with Crippen LogP contribution in [0, 0.1) is 29.3 Å². The smallest absolute Gasteiger partial charge is 0.407 e. The Hall–Kier alpha value is -3.89. The van der Waals surface area contributed by atoms with Crippen LogP contribution in [0.5, 0.6) is 0 Å². The number of hydrogen-bond donors (Lipinski definition) is 5. The van der Waals surface area contributed by atoms with Gasteiger partial charge in [0.2, 0.25) is 11.8 Å². The number of primary amides is 1. The molecular weight excluding hydrogens is 657 g/mol. The molecule has 0 aromatic heterocycles. The van der Waals surface area contributed by atoms with Crippen LogP contribution >= 0.6 is 11.6 Å². The van der Waals surface area contributed by atoms with Gasteiger partial charge in [0.1, 0.15) is 6.04 Å². The zero-order valence-electron chi connectivity index (χ0n) is 24.4. The van der Waals surface area contributed by atoms with E-state index in [0.717, 1.165) is 13.2 Å². The van der Waals surface area contributed by atoms with E-state index < -0.39 is 85.5 Å². The number of hydrogen-bond acceptors (Lipinski definition) is 8. The van der Waals surface area contributed by atoms with Gasteiger partial charge in [-0.3, -0.25) is 14.4 Å². The zero-order valence-corrected chi connectivity index (χ0v) is 26.0. The molecule has 2 fully saturated rings. The van der Waals surface area contributed by atoms with Crippen molar-refractivity contribution in [2.24, 2.45) is 17.6 Å². The van der Waals surface area contributed by atoms with E-state index in [4.69, 9.17) is 17.3 Å². The Morgan fingerprint density at radius 2 is 1.70 bits per heavy atom. The molecule has 2 aliphatic rings. The summed E-state index contributed by atoms with van der Waals surface area (Å²) in [6.07, 6.45) is -0.267. The van der Waals surface area contributed by atoms with Gasteiger partial charge in [0.25, 0.3) is 5.91 Å². The Bertz CT molecular complexity index is 1620. The van der Waals surface area contributed by atoms with Crippen molar-refractivity contribution >= 4 is 50.9 Å². The highest BCUT2D eigenvalue weighted by atomic mass is 35.5. The molecule has 2 aromatic rings. The number of carbonyl (C=O) groups is 4. The molecule has 4 amide bonds. The fraction of sp³-hybridized carbons (Fsp3) is 0.448. The minimum atomic E-state index is -4.18. The number of aliphatic hydroxyl groups is 1. The molecule has 2 aromatic carbocycles. The molecule has 12 nitrogen and oxygen atoms in total. The average molecular weight is 689 g/mol. The van der Waals surface area contributed by atoms with Gasteiger partial charge >= 0.3 is 6.09 Å². The molecule has 2 aliphatic carbocycles. The van der Waals surface area contributed by atoms with E-state index in [1.807, 2.05) is 0 Å². The van der Waals surface area contributed by atoms with Crippen molar-refractivity contribution in [3.63, 3.8) is 0 Å². The predicted octanol–water partition coefficient (Wildman–Crippen LogP) is 2.81. The Labute approximate surface area is 267 Å². The molecule has 2 unspecified atom stereocenters. The second kappa shape index (κ2) is 13.8. The van der Waals surface area contributed by atoms with Gasteiger partial charge in [-0.2, -0.15) is 0 Å². The van der Waals surface area contributed by atoms with E-state index >= 15 is 0 Å². The number of halogens is 4. The fourth-order valence-electron chi connectivity index (χ4n) is 6.13. The van der Waals surface area contributed by atoms with Crippen LogP contribution in [0.2, 0.25) is 5.02 Å². The van der Waals surface area contributed by atoms with Gasteiger partial charge in [0.05, 0.1) is 27.9 Å². The SMILES string of the molecule is COC(=O)N[C@@H](CCC(N)=O)C(=O)NCC1(O)C2CCC1CC(S(=O)(=O)c1cc(C(=O)Nc3cc(F)c(F)c(F)c3)ccc1Cl)C2. The van der Waals surface area contributed by atoms with Gasteiger partial charge in [-0.15, -0.1) is 0 Å². The molecule has 0 aliphatic heterocycles.